The molecular formula is C18H24N4O4S2. The van der Waals surface area contributed by atoms with E-state index < -0.39 is 23.7 Å². The van der Waals surface area contributed by atoms with Crippen molar-refractivity contribution >= 4 is 45.9 Å². The first-order valence-electron chi connectivity index (χ1n) is 9.13. The maximum atomic E-state index is 12.9. The number of carbonyl (C=O) groups is 3. The first-order chi connectivity index (χ1) is 13.2. The lowest BCUT2D eigenvalue weighted by molar-refractivity contribution is -0.154. The highest BCUT2D eigenvalue weighted by atomic mass is 32.2. The summed E-state index contributed by atoms with van der Waals surface area (Å²) in [6.45, 7) is 7.38. The van der Waals surface area contributed by atoms with Gasteiger partial charge in [0, 0.05) is 11.1 Å². The van der Waals surface area contributed by atoms with E-state index in [2.05, 4.69) is 20.6 Å². The second kappa shape index (κ2) is 8.20. The molecule has 3 atom stereocenters. The van der Waals surface area contributed by atoms with Crippen LogP contribution in [-0.4, -0.2) is 51.2 Å². The number of ether oxygens (including phenoxy) is 1. The summed E-state index contributed by atoms with van der Waals surface area (Å²) in [5.74, 6) is -0.794. The van der Waals surface area contributed by atoms with Gasteiger partial charge in [-0.2, -0.15) is 0 Å². The number of fused-ring (bicyclic) bond motifs is 4. The molecule has 0 spiro atoms. The summed E-state index contributed by atoms with van der Waals surface area (Å²) in [6.07, 6.45) is -0.559. The lowest BCUT2D eigenvalue weighted by atomic mass is 10.0. The summed E-state index contributed by atoms with van der Waals surface area (Å²) in [4.78, 5) is 46.8. The second-order valence-electron chi connectivity index (χ2n) is 7.53. The lowest BCUT2D eigenvalue weighted by Crippen LogP contribution is -2.53. The minimum atomic E-state index is -0.978. The number of esters is 1. The predicted octanol–water partition coefficient (Wildman–Crippen LogP) is 1.49. The molecule has 8 nitrogen and oxygen atoms in total. The third-order valence-electron chi connectivity index (χ3n) is 4.53. The summed E-state index contributed by atoms with van der Waals surface area (Å²) in [6, 6.07) is -0.808. The minimum Gasteiger partial charge on any atom is -0.461 e. The second-order valence-corrected chi connectivity index (χ2v) is 9.44. The molecular weight excluding hydrogens is 400 g/mol. The Kier molecular flexibility index (Phi) is 6.09. The Morgan fingerprint density at radius 3 is 2.79 bits per heavy atom. The lowest BCUT2D eigenvalue weighted by Gasteiger charge is -2.26. The molecule has 0 aliphatic carbocycles. The quantitative estimate of drug-likeness (QED) is 0.661. The zero-order valence-electron chi connectivity index (χ0n) is 16.3. The maximum Gasteiger partial charge on any atom is 0.329 e. The van der Waals surface area contributed by atoms with Gasteiger partial charge in [-0.05, 0) is 19.8 Å². The number of nitrogens with one attached hydrogen (secondary N) is 2. The molecule has 2 aliphatic rings. The van der Waals surface area contributed by atoms with Crippen molar-refractivity contribution in [2.24, 2.45) is 10.9 Å². The van der Waals surface area contributed by atoms with Crippen molar-refractivity contribution in [3.8, 4) is 0 Å². The number of aliphatic imine (C=N–C) groups is 1. The van der Waals surface area contributed by atoms with Crippen molar-refractivity contribution in [2.45, 2.75) is 58.3 Å². The Bertz CT molecular complexity index is 822. The molecule has 1 aromatic heterocycles. The van der Waals surface area contributed by atoms with Gasteiger partial charge in [-0.1, -0.05) is 13.8 Å². The highest BCUT2D eigenvalue weighted by molar-refractivity contribution is 8.14. The normalized spacial score (nSPS) is 29.2. The van der Waals surface area contributed by atoms with Crippen LogP contribution in [0.3, 0.4) is 0 Å². The number of thiazole rings is 1. The molecule has 2 aliphatic heterocycles. The van der Waals surface area contributed by atoms with Crippen LogP contribution in [0.5, 0.6) is 0 Å². The van der Waals surface area contributed by atoms with Crippen molar-refractivity contribution in [2.75, 3.05) is 5.75 Å². The number of hydrogen-bond acceptors (Lipinski definition) is 8. The number of aromatic nitrogens is 1. The third-order valence-corrected chi connectivity index (χ3v) is 6.66. The molecule has 152 valence electrons. The molecule has 0 saturated carbocycles. The molecule has 0 fully saturated rings. The van der Waals surface area contributed by atoms with Crippen molar-refractivity contribution in [1.29, 1.82) is 0 Å². The zero-order chi connectivity index (χ0) is 20.5. The van der Waals surface area contributed by atoms with Crippen LogP contribution in [0, 0.1) is 5.92 Å². The molecule has 2 unspecified atom stereocenters. The van der Waals surface area contributed by atoms with Gasteiger partial charge in [-0.15, -0.1) is 23.1 Å². The van der Waals surface area contributed by atoms with E-state index in [1.54, 1.807) is 13.8 Å². The van der Waals surface area contributed by atoms with Crippen LogP contribution < -0.4 is 10.6 Å². The Balaban J connectivity index is 1.92. The molecule has 2 amide bonds. The van der Waals surface area contributed by atoms with Crippen LogP contribution in [0.15, 0.2) is 10.4 Å². The van der Waals surface area contributed by atoms with E-state index >= 15 is 0 Å². The molecule has 10 heteroatoms. The Morgan fingerprint density at radius 2 is 2.07 bits per heavy atom. The number of rotatable bonds is 1. The van der Waals surface area contributed by atoms with E-state index in [1.165, 1.54) is 23.1 Å². The average Bonchev–Trinajstić information content (AvgIpc) is 3.23. The molecule has 0 radical (unpaired) electrons. The minimum absolute atomic E-state index is 0.0447. The van der Waals surface area contributed by atoms with Gasteiger partial charge in [-0.3, -0.25) is 14.6 Å². The van der Waals surface area contributed by atoms with Crippen LogP contribution in [-0.2, 0) is 25.7 Å². The van der Waals surface area contributed by atoms with E-state index in [9.17, 15) is 14.4 Å². The van der Waals surface area contributed by atoms with Crippen molar-refractivity contribution in [3.63, 3.8) is 0 Å². The van der Waals surface area contributed by atoms with Gasteiger partial charge in [0.15, 0.2) is 0 Å². The molecule has 0 saturated heterocycles. The first-order valence-corrected chi connectivity index (χ1v) is 11.0. The van der Waals surface area contributed by atoms with E-state index in [0.29, 0.717) is 23.0 Å². The third kappa shape index (κ3) is 4.54. The van der Waals surface area contributed by atoms with Crippen LogP contribution >= 0.6 is 23.1 Å². The summed E-state index contributed by atoms with van der Waals surface area (Å²) < 4.78 is 5.42. The number of nitrogens with zero attached hydrogens (tertiary/aromatic N) is 2. The number of carbonyl (C=O) groups excluding carboxylic acids is 3. The summed E-state index contributed by atoms with van der Waals surface area (Å²) in [7, 11) is 0. The van der Waals surface area contributed by atoms with Crippen LogP contribution in [0.2, 0.25) is 0 Å². The van der Waals surface area contributed by atoms with Gasteiger partial charge < -0.3 is 15.4 Å². The molecule has 1 aromatic rings. The van der Waals surface area contributed by atoms with E-state index in [4.69, 9.17) is 4.74 Å². The SMILES string of the molecule is CC(C)C1NC(=O)C2(C)CSC(=N2)c2csc(n2)CNC(=O)C[C@@H](C)OC1=O. The molecule has 4 bridgehead atoms. The number of hydrogen-bond donors (Lipinski definition) is 2. The largest absolute Gasteiger partial charge is 0.461 e. The highest BCUT2D eigenvalue weighted by Crippen LogP contribution is 2.32. The maximum absolute atomic E-state index is 12.9. The van der Waals surface area contributed by atoms with Crippen LogP contribution in [0.4, 0.5) is 0 Å². The predicted molar refractivity (Wildman–Crippen MR) is 108 cm³/mol. The summed E-state index contributed by atoms with van der Waals surface area (Å²) >= 11 is 2.89. The molecule has 0 aromatic carbocycles. The molecule has 3 heterocycles. The Labute approximate surface area is 171 Å². The van der Waals surface area contributed by atoms with Gasteiger partial charge in [-0.25, -0.2) is 9.78 Å². The molecule has 3 rings (SSSR count). The fourth-order valence-corrected chi connectivity index (χ4v) is 4.78. The molecule has 28 heavy (non-hydrogen) atoms. The standard InChI is InChI=1S/C18H24N4O4S2/c1-9(2)14-16(24)26-10(3)5-12(23)19-6-13-20-11(7-27-13)15-22-18(4,8-28-15)17(25)21-14/h7,9-10,14H,5-6,8H2,1-4H3,(H,19,23)(H,21,25)/t10-,14?,18?/m1/s1. The first kappa shape index (κ1) is 20.8. The van der Waals surface area contributed by atoms with Gasteiger partial charge in [0.05, 0.1) is 13.0 Å². The van der Waals surface area contributed by atoms with Crippen LogP contribution in [0.25, 0.3) is 0 Å². The number of cyclic esters (lactones) is 1. The van der Waals surface area contributed by atoms with Gasteiger partial charge in [0.1, 0.15) is 33.4 Å². The van der Waals surface area contributed by atoms with Crippen molar-refractivity contribution < 1.29 is 19.1 Å². The van der Waals surface area contributed by atoms with Gasteiger partial charge in [0.25, 0.3) is 0 Å². The van der Waals surface area contributed by atoms with Crippen LogP contribution in [0.1, 0.15) is 44.8 Å². The number of amides is 2. The van der Waals surface area contributed by atoms with E-state index in [0.717, 1.165) is 5.01 Å². The smallest absolute Gasteiger partial charge is 0.329 e. The van der Waals surface area contributed by atoms with Gasteiger partial charge in [0.2, 0.25) is 11.8 Å². The topological polar surface area (TPSA) is 110 Å². The zero-order valence-corrected chi connectivity index (χ0v) is 17.9. The van der Waals surface area contributed by atoms with E-state index in [1.807, 2.05) is 19.2 Å². The summed E-state index contributed by atoms with van der Waals surface area (Å²) in [5, 5.41) is 8.91. The number of thioether (sulfide) groups is 1. The average molecular weight is 425 g/mol. The Morgan fingerprint density at radius 1 is 1.32 bits per heavy atom. The fraction of sp³-hybridized carbons (Fsp3) is 0.611. The summed E-state index contributed by atoms with van der Waals surface area (Å²) in [5.41, 5.74) is -0.273. The van der Waals surface area contributed by atoms with Gasteiger partial charge >= 0.3 is 5.97 Å². The monoisotopic (exact) mass is 424 g/mol. The Hall–Kier alpha value is -1.94. The molecule has 2 N–H and O–H groups in total. The highest BCUT2D eigenvalue weighted by Gasteiger charge is 2.41. The van der Waals surface area contributed by atoms with Crippen molar-refractivity contribution in [3.05, 3.63) is 16.1 Å². The van der Waals surface area contributed by atoms with E-state index in [-0.39, 0.29) is 24.2 Å². The fourth-order valence-electron chi connectivity index (χ4n) is 2.85. The van der Waals surface area contributed by atoms with Crippen molar-refractivity contribution in [1.82, 2.24) is 15.6 Å².